The molecule has 0 bridgehead atoms. The van der Waals surface area contributed by atoms with Crippen molar-refractivity contribution in [3.8, 4) is 5.75 Å². The van der Waals surface area contributed by atoms with Crippen LogP contribution in [-0.4, -0.2) is 11.5 Å². The van der Waals surface area contributed by atoms with Crippen molar-refractivity contribution in [3.63, 3.8) is 0 Å². The van der Waals surface area contributed by atoms with Crippen LogP contribution in [0.15, 0.2) is 35.7 Å². The van der Waals surface area contributed by atoms with Crippen LogP contribution in [0, 0.1) is 0 Å². The van der Waals surface area contributed by atoms with Crippen molar-refractivity contribution >= 4 is 0 Å². The summed E-state index contributed by atoms with van der Waals surface area (Å²) in [6, 6.07) is 2.11. The zero-order valence-electron chi connectivity index (χ0n) is 10.7. The van der Waals surface area contributed by atoms with Gasteiger partial charge in [-0.15, -0.1) is 0 Å². The number of fused-ring (bicyclic) bond motifs is 1. The third-order valence-electron chi connectivity index (χ3n) is 3.49. The second-order valence-corrected chi connectivity index (χ2v) is 4.89. The summed E-state index contributed by atoms with van der Waals surface area (Å²) in [5.41, 5.74) is 3.77. The Bertz CT molecular complexity index is 517. The molecule has 0 radical (unpaired) electrons. The van der Waals surface area contributed by atoms with Gasteiger partial charge in [-0.05, 0) is 43.0 Å². The van der Waals surface area contributed by atoms with Crippen LogP contribution in [0.3, 0.4) is 0 Å². The smallest absolute Gasteiger partial charge is 0.146 e. The zero-order valence-corrected chi connectivity index (χ0v) is 10.7. The van der Waals surface area contributed by atoms with E-state index in [2.05, 4.69) is 35.4 Å². The second kappa shape index (κ2) is 4.94. The number of aromatic nitrogens is 1. The van der Waals surface area contributed by atoms with E-state index in [0.29, 0.717) is 0 Å². The molecule has 0 saturated carbocycles. The predicted molar refractivity (Wildman–Crippen MR) is 71.3 cm³/mol. The van der Waals surface area contributed by atoms with E-state index in [1.165, 1.54) is 16.8 Å². The lowest BCUT2D eigenvalue weighted by molar-refractivity contribution is 0.428. The molecule has 1 aromatic rings. The van der Waals surface area contributed by atoms with E-state index in [0.717, 1.165) is 43.9 Å². The first-order valence-electron chi connectivity index (χ1n) is 6.55. The van der Waals surface area contributed by atoms with Gasteiger partial charge in [0.05, 0.1) is 6.20 Å². The molecular weight excluding hydrogens is 224 g/mol. The monoisotopic (exact) mass is 242 g/mol. The van der Waals surface area contributed by atoms with Crippen molar-refractivity contribution in [1.82, 2.24) is 10.3 Å². The Kier molecular flexibility index (Phi) is 3.15. The summed E-state index contributed by atoms with van der Waals surface area (Å²) < 4.78 is 5.94. The summed E-state index contributed by atoms with van der Waals surface area (Å²) in [7, 11) is 0. The molecule has 1 aliphatic carbocycles. The second-order valence-electron chi connectivity index (χ2n) is 4.89. The lowest BCUT2D eigenvalue weighted by atomic mass is 10.1. The first kappa shape index (κ1) is 11.5. The Labute approximate surface area is 108 Å². The molecule has 0 aromatic carbocycles. The normalized spacial score (nSPS) is 18.7. The van der Waals surface area contributed by atoms with Gasteiger partial charge in [-0.1, -0.05) is 6.08 Å². The number of nitrogens with one attached hydrogen (secondary N) is 1. The molecular formula is C15H18N2O. The van der Waals surface area contributed by atoms with Crippen LogP contribution < -0.4 is 10.1 Å². The molecule has 94 valence electrons. The van der Waals surface area contributed by atoms with Crippen LogP contribution in [0.1, 0.15) is 31.0 Å². The van der Waals surface area contributed by atoms with Gasteiger partial charge in [-0.2, -0.15) is 0 Å². The van der Waals surface area contributed by atoms with Crippen molar-refractivity contribution in [3.05, 3.63) is 47.0 Å². The molecule has 0 saturated heterocycles. The molecule has 0 amide bonds. The maximum Gasteiger partial charge on any atom is 0.146 e. The maximum absolute atomic E-state index is 5.94. The molecule has 3 heteroatoms. The lowest BCUT2D eigenvalue weighted by Gasteiger charge is -2.18. The Morgan fingerprint density at radius 1 is 1.33 bits per heavy atom. The first-order chi connectivity index (χ1) is 8.83. The van der Waals surface area contributed by atoms with Crippen molar-refractivity contribution < 1.29 is 4.74 Å². The van der Waals surface area contributed by atoms with Gasteiger partial charge in [0.15, 0.2) is 0 Å². The molecule has 1 aromatic heterocycles. The number of allylic oxidation sites excluding steroid dienone is 3. The standard InChI is InChI=1S/C15H18N2O/c1-11-4-2-3-5-15(11)18-13-8-12-9-16-7-6-14(12)17-10-13/h3,5,8,10,16H,2,4,6-7,9H2,1H3. The van der Waals surface area contributed by atoms with Crippen LogP contribution >= 0.6 is 0 Å². The fraction of sp³-hybridized carbons (Fsp3) is 0.400. The average molecular weight is 242 g/mol. The average Bonchev–Trinajstić information content (AvgIpc) is 2.41. The Balaban J connectivity index is 1.83. The molecule has 1 aliphatic heterocycles. The highest BCUT2D eigenvalue weighted by Crippen LogP contribution is 2.24. The van der Waals surface area contributed by atoms with Crippen LogP contribution in [0.4, 0.5) is 0 Å². The highest BCUT2D eigenvalue weighted by Gasteiger charge is 2.12. The highest BCUT2D eigenvalue weighted by molar-refractivity contribution is 5.34. The van der Waals surface area contributed by atoms with E-state index in [4.69, 9.17) is 4.74 Å². The Hall–Kier alpha value is -1.61. The number of rotatable bonds is 2. The predicted octanol–water partition coefficient (Wildman–Crippen LogP) is 2.73. The number of pyridine rings is 1. The van der Waals surface area contributed by atoms with Crippen LogP contribution in [-0.2, 0) is 13.0 Å². The van der Waals surface area contributed by atoms with E-state index >= 15 is 0 Å². The number of nitrogens with zero attached hydrogens (tertiary/aromatic N) is 1. The van der Waals surface area contributed by atoms with Crippen molar-refractivity contribution in [2.75, 3.05) is 6.54 Å². The molecule has 0 atom stereocenters. The molecule has 0 fully saturated rings. The van der Waals surface area contributed by atoms with Gasteiger partial charge in [0, 0.05) is 25.2 Å². The quantitative estimate of drug-likeness (QED) is 0.866. The number of hydrogen-bond donors (Lipinski definition) is 1. The number of ether oxygens (including phenoxy) is 1. The van der Waals surface area contributed by atoms with Gasteiger partial charge in [0.2, 0.25) is 0 Å². The lowest BCUT2D eigenvalue weighted by Crippen LogP contribution is -2.24. The zero-order chi connectivity index (χ0) is 12.4. The topological polar surface area (TPSA) is 34.1 Å². The van der Waals surface area contributed by atoms with Gasteiger partial charge >= 0.3 is 0 Å². The first-order valence-corrected chi connectivity index (χ1v) is 6.55. The summed E-state index contributed by atoms with van der Waals surface area (Å²) in [6.45, 7) is 4.05. The van der Waals surface area contributed by atoms with Crippen molar-refractivity contribution in [2.45, 2.75) is 32.7 Å². The minimum absolute atomic E-state index is 0.846. The Morgan fingerprint density at radius 3 is 3.17 bits per heavy atom. The fourth-order valence-electron chi connectivity index (χ4n) is 2.38. The third-order valence-corrected chi connectivity index (χ3v) is 3.49. The van der Waals surface area contributed by atoms with Crippen LogP contribution in [0.5, 0.6) is 5.75 Å². The van der Waals surface area contributed by atoms with E-state index in [9.17, 15) is 0 Å². The van der Waals surface area contributed by atoms with E-state index in [-0.39, 0.29) is 0 Å². The summed E-state index contributed by atoms with van der Waals surface area (Å²) in [5, 5.41) is 3.36. The van der Waals surface area contributed by atoms with Crippen molar-refractivity contribution in [2.24, 2.45) is 0 Å². The molecule has 3 rings (SSSR count). The summed E-state index contributed by atoms with van der Waals surface area (Å²) in [5.74, 6) is 1.82. The van der Waals surface area contributed by atoms with Gasteiger partial charge in [-0.25, -0.2) is 0 Å². The maximum atomic E-state index is 5.94. The van der Waals surface area contributed by atoms with Crippen LogP contribution in [0.2, 0.25) is 0 Å². The summed E-state index contributed by atoms with van der Waals surface area (Å²) in [4.78, 5) is 4.50. The summed E-state index contributed by atoms with van der Waals surface area (Å²) in [6.07, 6.45) is 9.28. The van der Waals surface area contributed by atoms with E-state index in [1.54, 1.807) is 0 Å². The molecule has 2 heterocycles. The Morgan fingerprint density at radius 2 is 2.28 bits per heavy atom. The largest absolute Gasteiger partial charge is 0.456 e. The molecule has 3 nitrogen and oxygen atoms in total. The van der Waals surface area contributed by atoms with Gasteiger partial charge in [-0.3, -0.25) is 4.98 Å². The third kappa shape index (κ3) is 2.31. The van der Waals surface area contributed by atoms with E-state index in [1.807, 2.05) is 6.20 Å². The van der Waals surface area contributed by atoms with Gasteiger partial charge in [0.1, 0.15) is 11.5 Å². The SMILES string of the molecule is CC1=C(Oc2cnc3c(c2)CNCC3)C=CCC1. The molecule has 0 unspecified atom stereocenters. The molecule has 18 heavy (non-hydrogen) atoms. The van der Waals surface area contributed by atoms with E-state index < -0.39 is 0 Å². The molecule has 0 spiro atoms. The fourth-order valence-corrected chi connectivity index (χ4v) is 2.38. The van der Waals surface area contributed by atoms with Crippen molar-refractivity contribution in [1.29, 1.82) is 0 Å². The minimum atomic E-state index is 0.846. The van der Waals surface area contributed by atoms with Crippen LogP contribution in [0.25, 0.3) is 0 Å². The minimum Gasteiger partial charge on any atom is -0.456 e. The van der Waals surface area contributed by atoms with Gasteiger partial charge in [0.25, 0.3) is 0 Å². The molecule has 2 aliphatic rings. The number of hydrogen-bond acceptors (Lipinski definition) is 3. The highest BCUT2D eigenvalue weighted by atomic mass is 16.5. The molecule has 1 N–H and O–H groups in total. The van der Waals surface area contributed by atoms with Gasteiger partial charge < -0.3 is 10.1 Å². The summed E-state index contributed by atoms with van der Waals surface area (Å²) >= 11 is 0.